The molecule has 0 amide bonds. The third kappa shape index (κ3) is 3.49. The lowest BCUT2D eigenvalue weighted by Gasteiger charge is -2.36. The number of Topliss-reactive ketones (excluding diaryl/α,β-unsaturated/α-hetero) is 1. The molecule has 5 nitrogen and oxygen atoms in total. The predicted molar refractivity (Wildman–Crippen MR) is 86.7 cm³/mol. The Morgan fingerprint density at radius 2 is 1.95 bits per heavy atom. The molecule has 1 aromatic rings. The summed E-state index contributed by atoms with van der Waals surface area (Å²) in [5.74, 6) is 0.619. The minimum Gasteiger partial charge on any atom is -0.486 e. The lowest BCUT2D eigenvalue weighted by molar-refractivity contribution is -0.00515. The summed E-state index contributed by atoms with van der Waals surface area (Å²) in [6.45, 7) is 11.1. The first-order valence-corrected chi connectivity index (χ1v) is 8.11. The Labute approximate surface area is 130 Å². The van der Waals surface area contributed by atoms with Gasteiger partial charge in [-0.25, -0.2) is 0 Å². The Balaban J connectivity index is 2.41. The molecule has 2 heterocycles. The van der Waals surface area contributed by atoms with E-state index in [-0.39, 0.29) is 24.1 Å². The van der Waals surface area contributed by atoms with Gasteiger partial charge in [0.1, 0.15) is 5.00 Å². The van der Waals surface area contributed by atoms with Gasteiger partial charge in [0.25, 0.3) is 0 Å². The van der Waals surface area contributed by atoms with E-state index in [0.29, 0.717) is 16.3 Å². The molecule has 2 unspecified atom stereocenters. The van der Waals surface area contributed by atoms with E-state index >= 15 is 0 Å². The maximum atomic E-state index is 11.8. The summed E-state index contributed by atoms with van der Waals surface area (Å²) < 4.78 is 11.6. The summed E-state index contributed by atoms with van der Waals surface area (Å²) in [5.41, 5.74) is 6.60. The second-order valence-electron chi connectivity index (χ2n) is 5.86. The quantitative estimate of drug-likeness (QED) is 0.866. The summed E-state index contributed by atoms with van der Waals surface area (Å²) in [6.07, 6.45) is 0.297. The molecule has 0 radical (unpaired) electrons. The first-order valence-electron chi connectivity index (χ1n) is 7.29. The van der Waals surface area contributed by atoms with Crippen molar-refractivity contribution in [2.75, 3.05) is 23.7 Å². The monoisotopic (exact) mass is 312 g/mol. The highest BCUT2D eigenvalue weighted by molar-refractivity contribution is 7.19. The maximum absolute atomic E-state index is 11.8. The number of nitrogens with zero attached hydrogens (tertiary/aromatic N) is 1. The van der Waals surface area contributed by atoms with Crippen LogP contribution >= 0.6 is 11.3 Å². The highest BCUT2D eigenvalue weighted by atomic mass is 32.1. The average molecular weight is 312 g/mol. The Hall–Kier alpha value is -1.27. The number of hydrogen-bond acceptors (Lipinski definition) is 6. The molecule has 0 saturated carbocycles. The van der Waals surface area contributed by atoms with E-state index in [1.165, 1.54) is 18.3 Å². The fourth-order valence-electron chi connectivity index (χ4n) is 2.58. The zero-order valence-electron chi connectivity index (χ0n) is 13.3. The summed E-state index contributed by atoms with van der Waals surface area (Å²) in [6, 6.07) is 0. The lowest BCUT2D eigenvalue weighted by atomic mass is 10.2. The van der Waals surface area contributed by atoms with Crippen LogP contribution in [-0.4, -0.2) is 37.2 Å². The minimum atomic E-state index is -0.0216. The number of nitrogens with two attached hydrogens (primary N) is 1. The van der Waals surface area contributed by atoms with Crippen molar-refractivity contribution in [3.63, 3.8) is 0 Å². The molecule has 1 aliphatic heterocycles. The van der Waals surface area contributed by atoms with Gasteiger partial charge in [0.15, 0.2) is 11.5 Å². The molecule has 0 spiro atoms. The minimum absolute atomic E-state index is 0.0105. The average Bonchev–Trinajstić information content (AvgIpc) is 2.65. The molecular weight excluding hydrogens is 288 g/mol. The van der Waals surface area contributed by atoms with E-state index in [9.17, 15) is 4.79 Å². The predicted octanol–water partition coefficient (Wildman–Crippen LogP) is 2.93. The van der Waals surface area contributed by atoms with Gasteiger partial charge >= 0.3 is 0 Å². The van der Waals surface area contributed by atoms with Crippen LogP contribution in [-0.2, 0) is 4.74 Å². The van der Waals surface area contributed by atoms with Crippen LogP contribution in [0.15, 0.2) is 0 Å². The van der Waals surface area contributed by atoms with Gasteiger partial charge in [-0.15, -0.1) is 11.3 Å². The first-order chi connectivity index (χ1) is 9.79. The Morgan fingerprint density at radius 3 is 2.43 bits per heavy atom. The van der Waals surface area contributed by atoms with Crippen molar-refractivity contribution in [1.29, 1.82) is 0 Å². The summed E-state index contributed by atoms with van der Waals surface area (Å²) in [5, 5.41) is 0.938. The van der Waals surface area contributed by atoms with Gasteiger partial charge in [-0.05, 0) is 27.7 Å². The molecule has 1 fully saturated rings. The van der Waals surface area contributed by atoms with Crippen LogP contribution in [0.1, 0.15) is 44.3 Å². The van der Waals surface area contributed by atoms with Crippen LogP contribution in [0.25, 0.3) is 0 Å². The summed E-state index contributed by atoms with van der Waals surface area (Å²) in [7, 11) is 0. The van der Waals surface area contributed by atoms with E-state index in [1.54, 1.807) is 0 Å². The van der Waals surface area contributed by atoms with Crippen LogP contribution in [0.3, 0.4) is 0 Å². The van der Waals surface area contributed by atoms with E-state index in [0.717, 1.165) is 18.1 Å². The lowest BCUT2D eigenvalue weighted by Crippen LogP contribution is -2.45. The molecular formula is C15H24N2O3S. The van der Waals surface area contributed by atoms with Gasteiger partial charge in [-0.3, -0.25) is 4.79 Å². The largest absolute Gasteiger partial charge is 0.486 e. The number of ketones is 1. The van der Waals surface area contributed by atoms with E-state index in [1.807, 2.05) is 13.8 Å². The molecule has 0 aromatic carbocycles. The fraction of sp³-hybridized carbons (Fsp3) is 0.667. The number of ether oxygens (including phenoxy) is 2. The van der Waals surface area contributed by atoms with Crippen molar-refractivity contribution in [2.24, 2.45) is 0 Å². The van der Waals surface area contributed by atoms with Crippen LogP contribution < -0.4 is 15.4 Å². The summed E-state index contributed by atoms with van der Waals surface area (Å²) in [4.78, 5) is 14.5. The number of morpholine rings is 1. The van der Waals surface area contributed by atoms with E-state index < -0.39 is 0 Å². The van der Waals surface area contributed by atoms with Gasteiger partial charge in [0.05, 0.1) is 28.9 Å². The van der Waals surface area contributed by atoms with Crippen LogP contribution in [0.4, 0.5) is 10.7 Å². The Morgan fingerprint density at radius 1 is 1.38 bits per heavy atom. The molecule has 1 aliphatic rings. The third-order valence-electron chi connectivity index (χ3n) is 3.26. The number of carbonyl (C=O) groups excluding carboxylic acids is 1. The number of thiophene rings is 1. The first kappa shape index (κ1) is 16.1. The normalized spacial score (nSPS) is 22.7. The zero-order chi connectivity index (χ0) is 15.7. The number of rotatable bonds is 4. The Bertz CT molecular complexity index is 517. The van der Waals surface area contributed by atoms with Crippen LogP contribution in [0.2, 0.25) is 0 Å². The second kappa shape index (κ2) is 6.23. The molecule has 2 N–H and O–H groups in total. The smallest absolute Gasteiger partial charge is 0.177 e. The number of hydrogen-bond donors (Lipinski definition) is 1. The van der Waals surface area contributed by atoms with Gasteiger partial charge < -0.3 is 20.1 Å². The van der Waals surface area contributed by atoms with Crippen LogP contribution in [0.5, 0.6) is 5.75 Å². The fourth-order valence-corrected chi connectivity index (χ4v) is 3.65. The number of nitrogen functional groups attached to an aromatic ring is 1. The summed E-state index contributed by atoms with van der Waals surface area (Å²) >= 11 is 1.42. The topological polar surface area (TPSA) is 64.8 Å². The second-order valence-corrected chi connectivity index (χ2v) is 6.86. The van der Waals surface area contributed by atoms with Gasteiger partial charge in [-0.2, -0.15) is 0 Å². The highest BCUT2D eigenvalue weighted by Gasteiger charge is 2.29. The van der Waals surface area contributed by atoms with Crippen molar-refractivity contribution >= 4 is 27.8 Å². The highest BCUT2D eigenvalue weighted by Crippen LogP contribution is 2.46. The molecule has 21 heavy (non-hydrogen) atoms. The molecule has 2 rings (SSSR count). The van der Waals surface area contributed by atoms with Crippen LogP contribution in [0, 0.1) is 0 Å². The molecule has 0 aliphatic carbocycles. The number of anilines is 2. The van der Waals surface area contributed by atoms with Gasteiger partial charge in [0.2, 0.25) is 0 Å². The SMILES string of the molecule is CC(=O)c1sc(N2CC(C)OC(C)C2)c(OC(C)C)c1N. The van der Waals surface area contributed by atoms with E-state index in [2.05, 4.69) is 18.7 Å². The number of carbonyl (C=O) groups is 1. The van der Waals surface area contributed by atoms with Crippen molar-refractivity contribution in [3.05, 3.63) is 4.88 Å². The van der Waals surface area contributed by atoms with Crippen molar-refractivity contribution in [2.45, 2.75) is 52.9 Å². The molecule has 0 bridgehead atoms. The molecule has 2 atom stereocenters. The standard InChI is InChI=1S/C15H24N2O3S/c1-8(2)19-13-12(16)14(11(5)18)21-15(13)17-6-9(3)20-10(4)7-17/h8-10H,6-7,16H2,1-5H3. The molecule has 118 valence electrons. The van der Waals surface area contributed by atoms with Crippen molar-refractivity contribution in [1.82, 2.24) is 0 Å². The third-order valence-corrected chi connectivity index (χ3v) is 4.61. The molecule has 1 saturated heterocycles. The van der Waals surface area contributed by atoms with Gasteiger partial charge in [-0.1, -0.05) is 0 Å². The Kier molecular flexibility index (Phi) is 4.78. The molecule has 1 aromatic heterocycles. The zero-order valence-corrected chi connectivity index (χ0v) is 14.1. The molecule has 6 heteroatoms. The van der Waals surface area contributed by atoms with Gasteiger partial charge in [0, 0.05) is 20.0 Å². The maximum Gasteiger partial charge on any atom is 0.177 e. The van der Waals surface area contributed by atoms with Crippen molar-refractivity contribution in [3.8, 4) is 5.75 Å². The van der Waals surface area contributed by atoms with E-state index in [4.69, 9.17) is 15.2 Å². The van der Waals surface area contributed by atoms with Crippen molar-refractivity contribution < 1.29 is 14.3 Å².